The summed E-state index contributed by atoms with van der Waals surface area (Å²) < 4.78 is 12.8. The molecule has 1 aromatic heterocycles. The Bertz CT molecular complexity index is 829. The van der Waals surface area contributed by atoms with Crippen molar-refractivity contribution in [2.45, 2.75) is 64.5 Å². The Morgan fingerprint density at radius 2 is 1.97 bits per heavy atom. The summed E-state index contributed by atoms with van der Waals surface area (Å²) >= 11 is 0. The second kappa shape index (κ2) is 12.2. The Kier molecular flexibility index (Phi) is 8.99. The molecule has 0 unspecified atom stereocenters. The van der Waals surface area contributed by atoms with Crippen molar-refractivity contribution in [3.8, 4) is 11.5 Å². The molecule has 0 aliphatic heterocycles. The van der Waals surface area contributed by atoms with Crippen molar-refractivity contribution >= 4 is 5.96 Å². The maximum atomic E-state index is 5.41. The van der Waals surface area contributed by atoms with Crippen LogP contribution in [0.4, 0.5) is 0 Å². The van der Waals surface area contributed by atoms with E-state index in [1.165, 1.54) is 37.7 Å². The normalized spacial score (nSPS) is 15.0. The highest BCUT2D eigenvalue weighted by molar-refractivity contribution is 5.80. The van der Waals surface area contributed by atoms with Crippen molar-refractivity contribution in [1.29, 1.82) is 0 Å². The van der Waals surface area contributed by atoms with Crippen LogP contribution >= 0.6 is 0 Å². The van der Waals surface area contributed by atoms with Crippen molar-refractivity contribution in [3.63, 3.8) is 0 Å². The van der Waals surface area contributed by atoms with Crippen molar-refractivity contribution in [1.82, 2.24) is 25.4 Å². The number of hydrogen-bond acceptors (Lipinski definition) is 5. The highest BCUT2D eigenvalue weighted by Gasteiger charge is 2.14. The number of guanidine groups is 1. The first-order valence-corrected chi connectivity index (χ1v) is 11.4. The van der Waals surface area contributed by atoms with E-state index in [9.17, 15) is 0 Å². The number of rotatable bonds is 10. The van der Waals surface area contributed by atoms with Gasteiger partial charge in [0.15, 0.2) is 17.5 Å². The third kappa shape index (κ3) is 6.87. The third-order valence-corrected chi connectivity index (χ3v) is 5.72. The molecule has 0 radical (unpaired) electrons. The first-order valence-electron chi connectivity index (χ1n) is 11.4. The largest absolute Gasteiger partial charge is 0.493 e. The second-order valence-corrected chi connectivity index (χ2v) is 7.87. The summed E-state index contributed by atoms with van der Waals surface area (Å²) in [7, 11) is 3.32. The first kappa shape index (κ1) is 22.9. The molecule has 0 saturated heterocycles. The molecule has 0 bridgehead atoms. The lowest BCUT2D eigenvalue weighted by atomic mass is 9.96. The highest BCUT2D eigenvalue weighted by Crippen LogP contribution is 2.27. The van der Waals surface area contributed by atoms with Crippen LogP contribution in [0.2, 0.25) is 0 Å². The molecular formula is C23H36N6O2. The summed E-state index contributed by atoms with van der Waals surface area (Å²) in [6.07, 6.45) is 9.85. The van der Waals surface area contributed by atoms with Gasteiger partial charge in [-0.25, -0.2) is 0 Å². The van der Waals surface area contributed by atoms with Gasteiger partial charge in [0.2, 0.25) is 0 Å². The molecular weight excluding hydrogens is 392 g/mol. The fraction of sp³-hybridized carbons (Fsp3) is 0.609. The number of hydrogen-bond donors (Lipinski definition) is 2. The lowest BCUT2D eigenvalue weighted by Gasteiger charge is -2.25. The minimum atomic E-state index is 0.502. The van der Waals surface area contributed by atoms with E-state index in [0.29, 0.717) is 12.6 Å². The number of ether oxygens (including phenoxy) is 2. The molecule has 1 aliphatic carbocycles. The van der Waals surface area contributed by atoms with Crippen LogP contribution in [0.25, 0.3) is 0 Å². The first-order chi connectivity index (χ1) is 15.2. The van der Waals surface area contributed by atoms with Gasteiger partial charge in [-0.1, -0.05) is 32.3 Å². The van der Waals surface area contributed by atoms with Crippen LogP contribution in [0, 0.1) is 0 Å². The van der Waals surface area contributed by atoms with E-state index >= 15 is 0 Å². The lowest BCUT2D eigenvalue weighted by molar-refractivity contribution is 0.354. The van der Waals surface area contributed by atoms with Gasteiger partial charge in [0.1, 0.15) is 12.2 Å². The summed E-state index contributed by atoms with van der Waals surface area (Å²) in [5, 5.41) is 15.3. The van der Waals surface area contributed by atoms with E-state index in [2.05, 4.69) is 38.4 Å². The topological polar surface area (TPSA) is 85.6 Å². The Morgan fingerprint density at radius 3 is 2.71 bits per heavy atom. The zero-order valence-electron chi connectivity index (χ0n) is 19.1. The van der Waals surface area contributed by atoms with E-state index in [1.54, 1.807) is 20.5 Å². The van der Waals surface area contributed by atoms with Gasteiger partial charge in [0.25, 0.3) is 0 Å². The quantitative estimate of drug-likeness (QED) is 0.447. The second-order valence-electron chi connectivity index (χ2n) is 7.87. The van der Waals surface area contributed by atoms with Crippen LogP contribution in [0.1, 0.15) is 50.4 Å². The number of aryl methyl sites for hydroxylation is 1. The van der Waals surface area contributed by atoms with E-state index < -0.39 is 0 Å². The van der Waals surface area contributed by atoms with Gasteiger partial charge in [-0.05, 0) is 37.0 Å². The van der Waals surface area contributed by atoms with Crippen LogP contribution < -0.4 is 20.1 Å². The molecule has 1 saturated carbocycles. The molecule has 170 valence electrons. The van der Waals surface area contributed by atoms with Gasteiger partial charge in [0, 0.05) is 32.1 Å². The summed E-state index contributed by atoms with van der Waals surface area (Å²) in [6.45, 7) is 4.39. The standard InChI is InChI=1S/C23H36N6O2/c1-4-22-28-26-17-29(22)15-14-25-23(27-19-8-6-5-7-9-19)24-13-12-18-10-11-20(30-2)21(16-18)31-3/h10-11,16-17,19H,4-9,12-15H2,1-3H3,(H2,24,25,27). The number of aromatic nitrogens is 3. The summed E-state index contributed by atoms with van der Waals surface area (Å²) in [4.78, 5) is 4.85. The molecule has 0 atom stereocenters. The number of nitrogens with one attached hydrogen (secondary N) is 2. The van der Waals surface area contributed by atoms with Crippen molar-refractivity contribution < 1.29 is 9.47 Å². The Hall–Kier alpha value is -2.77. The SMILES string of the molecule is CCc1nncn1CCNC(=NCCc1ccc(OC)c(OC)c1)NC1CCCCC1. The average molecular weight is 429 g/mol. The fourth-order valence-electron chi connectivity index (χ4n) is 3.96. The van der Waals surface area contributed by atoms with Gasteiger partial charge in [-0.2, -0.15) is 0 Å². The molecule has 1 heterocycles. The third-order valence-electron chi connectivity index (χ3n) is 5.72. The van der Waals surface area contributed by atoms with Crippen LogP contribution in [0.5, 0.6) is 11.5 Å². The molecule has 3 rings (SSSR count). The van der Waals surface area contributed by atoms with Gasteiger partial charge in [-0.3, -0.25) is 4.99 Å². The molecule has 2 N–H and O–H groups in total. The Morgan fingerprint density at radius 1 is 1.16 bits per heavy atom. The maximum absolute atomic E-state index is 5.41. The Balaban J connectivity index is 1.58. The molecule has 0 spiro atoms. The number of methoxy groups -OCH3 is 2. The summed E-state index contributed by atoms with van der Waals surface area (Å²) in [5.41, 5.74) is 1.18. The van der Waals surface area contributed by atoms with Crippen molar-refractivity contribution in [3.05, 3.63) is 35.9 Å². The molecule has 0 amide bonds. The molecule has 31 heavy (non-hydrogen) atoms. The number of aliphatic imine (C=N–C) groups is 1. The van der Waals surface area contributed by atoms with Crippen LogP contribution in [-0.4, -0.2) is 54.1 Å². The van der Waals surface area contributed by atoms with Crippen molar-refractivity contribution in [2.75, 3.05) is 27.3 Å². The predicted octanol–water partition coefficient (Wildman–Crippen LogP) is 2.97. The molecule has 8 nitrogen and oxygen atoms in total. The van der Waals surface area contributed by atoms with Gasteiger partial charge in [-0.15, -0.1) is 10.2 Å². The lowest BCUT2D eigenvalue weighted by Crippen LogP contribution is -2.45. The Labute approximate surface area is 185 Å². The smallest absolute Gasteiger partial charge is 0.191 e. The van der Waals surface area contributed by atoms with Gasteiger partial charge >= 0.3 is 0 Å². The predicted molar refractivity (Wildman–Crippen MR) is 123 cm³/mol. The zero-order chi connectivity index (χ0) is 21.9. The maximum Gasteiger partial charge on any atom is 0.191 e. The van der Waals surface area contributed by atoms with Crippen LogP contribution in [0.3, 0.4) is 0 Å². The van der Waals surface area contributed by atoms with Gasteiger partial charge < -0.3 is 24.7 Å². The van der Waals surface area contributed by atoms with E-state index in [-0.39, 0.29) is 0 Å². The number of benzene rings is 1. The summed E-state index contributed by atoms with van der Waals surface area (Å²) in [5.74, 6) is 3.40. The van der Waals surface area contributed by atoms with Crippen LogP contribution in [-0.2, 0) is 19.4 Å². The fourth-order valence-corrected chi connectivity index (χ4v) is 3.96. The number of nitrogens with zero attached hydrogens (tertiary/aromatic N) is 4. The van der Waals surface area contributed by atoms with E-state index in [0.717, 1.165) is 49.2 Å². The molecule has 2 aromatic rings. The van der Waals surface area contributed by atoms with E-state index in [4.69, 9.17) is 14.5 Å². The summed E-state index contributed by atoms with van der Waals surface area (Å²) in [6, 6.07) is 6.54. The van der Waals surface area contributed by atoms with Crippen molar-refractivity contribution in [2.24, 2.45) is 4.99 Å². The molecule has 8 heteroatoms. The molecule has 1 aliphatic rings. The van der Waals surface area contributed by atoms with Gasteiger partial charge in [0.05, 0.1) is 14.2 Å². The highest BCUT2D eigenvalue weighted by atomic mass is 16.5. The molecule has 1 fully saturated rings. The zero-order valence-corrected chi connectivity index (χ0v) is 19.1. The van der Waals surface area contributed by atoms with Crippen LogP contribution in [0.15, 0.2) is 29.5 Å². The van der Waals surface area contributed by atoms with E-state index in [1.807, 2.05) is 12.1 Å². The minimum Gasteiger partial charge on any atom is -0.493 e. The monoisotopic (exact) mass is 428 g/mol. The molecule has 1 aromatic carbocycles. The average Bonchev–Trinajstić information content (AvgIpc) is 3.27. The minimum absolute atomic E-state index is 0.502.